The number of β-amino-alcohol motifs (C(OH)–C–C–N with tert-alkyl or cyclic N) is 1. The maximum absolute atomic E-state index is 12.5. The second-order valence-corrected chi connectivity index (χ2v) is 4.00. The van der Waals surface area contributed by atoms with Gasteiger partial charge in [0.1, 0.15) is 6.10 Å². The average molecular weight is 293 g/mol. The van der Waals surface area contributed by atoms with Gasteiger partial charge in [-0.15, -0.1) is 12.4 Å². The van der Waals surface area contributed by atoms with Gasteiger partial charge in [0, 0.05) is 26.6 Å². The standard InChI is InChI=1S/C9H15F3N2O3.ClH/c1-17-6(4-13)7(15)14-3-2-8(16,5-14)9(10,11)12;/h6,16H,2-5,13H2,1H3;1H. The van der Waals surface area contributed by atoms with E-state index < -0.39 is 36.8 Å². The molecule has 18 heavy (non-hydrogen) atoms. The summed E-state index contributed by atoms with van der Waals surface area (Å²) in [5.41, 5.74) is 2.42. The fraction of sp³-hybridized carbons (Fsp3) is 0.889. The summed E-state index contributed by atoms with van der Waals surface area (Å²) in [7, 11) is 1.25. The monoisotopic (exact) mass is 292 g/mol. The summed E-state index contributed by atoms with van der Waals surface area (Å²) in [5, 5.41) is 9.38. The Balaban J connectivity index is 0.00000289. The molecule has 0 spiro atoms. The maximum atomic E-state index is 12.5. The van der Waals surface area contributed by atoms with E-state index in [4.69, 9.17) is 10.5 Å². The van der Waals surface area contributed by atoms with Crippen molar-refractivity contribution < 1.29 is 27.8 Å². The molecule has 2 atom stereocenters. The van der Waals surface area contributed by atoms with Crippen molar-refractivity contribution in [3.63, 3.8) is 0 Å². The topological polar surface area (TPSA) is 75.8 Å². The molecular formula is C9H16ClF3N2O3. The lowest BCUT2D eigenvalue weighted by Crippen LogP contribution is -2.50. The summed E-state index contributed by atoms with van der Waals surface area (Å²) < 4.78 is 42.3. The number of amides is 1. The zero-order valence-corrected chi connectivity index (χ0v) is 10.6. The number of ether oxygens (including phenoxy) is 1. The van der Waals surface area contributed by atoms with Gasteiger partial charge in [-0.25, -0.2) is 0 Å². The average Bonchev–Trinajstić information content (AvgIpc) is 2.63. The molecule has 0 bridgehead atoms. The van der Waals surface area contributed by atoms with Gasteiger partial charge in [0.05, 0.1) is 6.54 Å². The number of carbonyl (C=O) groups excluding carboxylic acids is 1. The fourth-order valence-corrected chi connectivity index (χ4v) is 1.71. The summed E-state index contributed by atoms with van der Waals surface area (Å²) >= 11 is 0. The number of carbonyl (C=O) groups is 1. The molecule has 1 amide bonds. The van der Waals surface area contributed by atoms with Crippen LogP contribution in [0.5, 0.6) is 0 Å². The summed E-state index contributed by atoms with van der Waals surface area (Å²) in [6.07, 6.45) is -6.23. The van der Waals surface area contributed by atoms with Gasteiger partial charge in [-0.1, -0.05) is 0 Å². The van der Waals surface area contributed by atoms with E-state index in [1.165, 1.54) is 7.11 Å². The number of nitrogens with two attached hydrogens (primary N) is 1. The summed E-state index contributed by atoms with van der Waals surface area (Å²) in [4.78, 5) is 12.6. The van der Waals surface area contributed by atoms with Crippen molar-refractivity contribution in [1.29, 1.82) is 0 Å². The lowest BCUT2D eigenvalue weighted by molar-refractivity contribution is -0.253. The summed E-state index contributed by atoms with van der Waals surface area (Å²) in [6, 6.07) is 0. The first kappa shape index (κ1) is 17.4. The van der Waals surface area contributed by atoms with Crippen LogP contribution in [0.1, 0.15) is 6.42 Å². The zero-order chi connectivity index (χ0) is 13.3. The Hall–Kier alpha value is -0.570. The Morgan fingerprint density at radius 1 is 1.61 bits per heavy atom. The molecule has 5 nitrogen and oxygen atoms in total. The van der Waals surface area contributed by atoms with Crippen molar-refractivity contribution in [2.75, 3.05) is 26.7 Å². The highest BCUT2D eigenvalue weighted by Crippen LogP contribution is 2.37. The SMILES string of the molecule is COC(CN)C(=O)N1CCC(O)(C(F)(F)F)C1.Cl. The Kier molecular flexibility index (Phi) is 5.86. The molecule has 1 saturated heterocycles. The number of hydrogen-bond donors (Lipinski definition) is 2. The highest BCUT2D eigenvalue weighted by molar-refractivity contribution is 5.85. The molecule has 1 fully saturated rings. The minimum Gasteiger partial charge on any atom is -0.379 e. The van der Waals surface area contributed by atoms with Crippen LogP contribution in [0.25, 0.3) is 0 Å². The van der Waals surface area contributed by atoms with Crippen LogP contribution < -0.4 is 5.73 Å². The molecule has 9 heteroatoms. The third-order valence-corrected chi connectivity index (χ3v) is 2.86. The Morgan fingerprint density at radius 3 is 2.50 bits per heavy atom. The molecule has 0 aromatic rings. The van der Waals surface area contributed by atoms with Crippen LogP contribution in [0, 0.1) is 0 Å². The third kappa shape index (κ3) is 3.25. The number of hydrogen-bond acceptors (Lipinski definition) is 4. The molecule has 1 heterocycles. The lowest BCUT2D eigenvalue weighted by Gasteiger charge is -2.27. The molecular weight excluding hydrogens is 277 g/mol. The minimum absolute atomic E-state index is 0. The fourth-order valence-electron chi connectivity index (χ4n) is 1.71. The number of methoxy groups -OCH3 is 1. The molecule has 0 radical (unpaired) electrons. The Morgan fingerprint density at radius 2 is 2.17 bits per heavy atom. The van der Waals surface area contributed by atoms with Gasteiger partial charge in [0.15, 0.2) is 5.60 Å². The van der Waals surface area contributed by atoms with Crippen molar-refractivity contribution in [1.82, 2.24) is 4.90 Å². The lowest BCUT2D eigenvalue weighted by atomic mass is 10.0. The molecule has 2 unspecified atom stereocenters. The number of nitrogens with zero attached hydrogens (tertiary/aromatic N) is 1. The molecule has 1 aliphatic heterocycles. The van der Waals surface area contributed by atoms with E-state index in [9.17, 15) is 23.1 Å². The molecule has 0 aliphatic carbocycles. The largest absolute Gasteiger partial charge is 0.419 e. The van der Waals surface area contributed by atoms with E-state index in [0.29, 0.717) is 0 Å². The van der Waals surface area contributed by atoms with Crippen LogP contribution >= 0.6 is 12.4 Å². The Bertz CT molecular complexity index is 299. The van der Waals surface area contributed by atoms with E-state index in [-0.39, 0.29) is 25.5 Å². The van der Waals surface area contributed by atoms with E-state index in [2.05, 4.69) is 0 Å². The van der Waals surface area contributed by atoms with Gasteiger partial charge in [0.25, 0.3) is 5.91 Å². The van der Waals surface area contributed by atoms with E-state index in [1.807, 2.05) is 0 Å². The van der Waals surface area contributed by atoms with Crippen LogP contribution in [0.2, 0.25) is 0 Å². The van der Waals surface area contributed by atoms with Gasteiger partial charge in [-0.3, -0.25) is 4.79 Å². The summed E-state index contributed by atoms with van der Waals surface area (Å²) in [5.74, 6) is -0.629. The number of aliphatic hydroxyl groups is 1. The minimum atomic E-state index is -4.74. The predicted molar refractivity (Wildman–Crippen MR) is 59.3 cm³/mol. The van der Waals surface area contributed by atoms with Gasteiger partial charge >= 0.3 is 6.18 Å². The van der Waals surface area contributed by atoms with E-state index in [1.54, 1.807) is 0 Å². The maximum Gasteiger partial charge on any atom is 0.419 e. The normalized spacial score (nSPS) is 25.8. The van der Waals surface area contributed by atoms with Gasteiger partial charge in [0.2, 0.25) is 0 Å². The summed E-state index contributed by atoms with van der Waals surface area (Å²) in [6.45, 7) is -1.04. The zero-order valence-electron chi connectivity index (χ0n) is 9.74. The second kappa shape index (κ2) is 6.05. The number of rotatable bonds is 3. The van der Waals surface area contributed by atoms with Crippen molar-refractivity contribution in [3.05, 3.63) is 0 Å². The highest BCUT2D eigenvalue weighted by Gasteiger charge is 2.58. The first-order chi connectivity index (χ1) is 7.75. The number of alkyl halides is 3. The Labute approximate surface area is 108 Å². The first-order valence-electron chi connectivity index (χ1n) is 5.06. The highest BCUT2D eigenvalue weighted by atomic mass is 35.5. The third-order valence-electron chi connectivity index (χ3n) is 2.86. The molecule has 0 saturated carbocycles. The van der Waals surface area contributed by atoms with Gasteiger partial charge in [-0.2, -0.15) is 13.2 Å². The van der Waals surface area contributed by atoms with Crippen molar-refractivity contribution >= 4 is 18.3 Å². The quantitative estimate of drug-likeness (QED) is 0.762. The second-order valence-electron chi connectivity index (χ2n) is 4.00. The van der Waals surface area contributed by atoms with E-state index in [0.717, 1.165) is 4.90 Å². The number of likely N-dealkylation sites (tertiary alicyclic amines) is 1. The molecule has 1 aliphatic rings. The predicted octanol–water partition coefficient (Wildman–Crippen LogP) is -0.0924. The molecule has 0 aromatic heterocycles. The van der Waals surface area contributed by atoms with Gasteiger partial charge in [-0.05, 0) is 0 Å². The van der Waals surface area contributed by atoms with Crippen molar-refractivity contribution in [2.45, 2.75) is 24.3 Å². The molecule has 108 valence electrons. The van der Waals surface area contributed by atoms with Crippen LogP contribution in [-0.2, 0) is 9.53 Å². The smallest absolute Gasteiger partial charge is 0.379 e. The van der Waals surface area contributed by atoms with Crippen LogP contribution in [0.15, 0.2) is 0 Å². The molecule has 0 aromatic carbocycles. The number of halogens is 4. The molecule has 1 rings (SSSR count). The van der Waals surface area contributed by atoms with Crippen molar-refractivity contribution in [3.8, 4) is 0 Å². The van der Waals surface area contributed by atoms with Crippen molar-refractivity contribution in [2.24, 2.45) is 5.73 Å². The van der Waals surface area contributed by atoms with Crippen LogP contribution in [0.4, 0.5) is 13.2 Å². The van der Waals surface area contributed by atoms with Crippen LogP contribution in [0.3, 0.4) is 0 Å². The van der Waals surface area contributed by atoms with E-state index >= 15 is 0 Å². The molecule has 3 N–H and O–H groups in total. The first-order valence-corrected chi connectivity index (χ1v) is 5.06. The van der Waals surface area contributed by atoms with Gasteiger partial charge < -0.3 is 20.5 Å². The van der Waals surface area contributed by atoms with Crippen LogP contribution in [-0.4, -0.2) is 60.5 Å².